The Morgan fingerprint density at radius 3 is 2.38 bits per heavy atom. The number of piperazine rings is 1. The van der Waals surface area contributed by atoms with Crippen molar-refractivity contribution in [2.75, 3.05) is 52.4 Å². The standard InChI is InChI=1S/C17H28N4O.2ClH/c18-8-13-20(11-6-16-4-2-1-3-5-16)12-7-17(22)21-14-9-19-10-15-21;;/h1-5,19H,6-15,18H2;2*1H. The van der Waals surface area contributed by atoms with Crippen LogP contribution in [-0.2, 0) is 11.2 Å². The Kier molecular flexibility index (Phi) is 13.0. The van der Waals surface area contributed by atoms with E-state index in [2.05, 4.69) is 34.5 Å². The van der Waals surface area contributed by atoms with Crippen LogP contribution in [0.3, 0.4) is 0 Å². The van der Waals surface area contributed by atoms with E-state index in [-0.39, 0.29) is 30.7 Å². The van der Waals surface area contributed by atoms with E-state index in [0.717, 1.165) is 52.2 Å². The van der Waals surface area contributed by atoms with E-state index in [0.29, 0.717) is 13.0 Å². The van der Waals surface area contributed by atoms with Crippen LogP contribution >= 0.6 is 24.8 Å². The van der Waals surface area contributed by atoms with E-state index in [1.807, 2.05) is 11.0 Å². The molecule has 0 atom stereocenters. The maximum absolute atomic E-state index is 12.2. The van der Waals surface area contributed by atoms with Crippen LogP contribution in [-0.4, -0.2) is 68.1 Å². The smallest absolute Gasteiger partial charge is 0.223 e. The van der Waals surface area contributed by atoms with Crippen LogP contribution in [0.5, 0.6) is 0 Å². The summed E-state index contributed by atoms with van der Waals surface area (Å²) in [5.41, 5.74) is 7.03. The van der Waals surface area contributed by atoms with Crippen molar-refractivity contribution in [3.05, 3.63) is 35.9 Å². The van der Waals surface area contributed by atoms with Gasteiger partial charge in [0.05, 0.1) is 0 Å². The van der Waals surface area contributed by atoms with E-state index < -0.39 is 0 Å². The molecule has 1 fully saturated rings. The fraction of sp³-hybridized carbons (Fsp3) is 0.588. The van der Waals surface area contributed by atoms with Crippen molar-refractivity contribution >= 4 is 30.7 Å². The Balaban J connectivity index is 0.00000264. The molecule has 1 aromatic carbocycles. The van der Waals surface area contributed by atoms with Gasteiger partial charge >= 0.3 is 0 Å². The molecule has 0 spiro atoms. The lowest BCUT2D eigenvalue weighted by atomic mass is 10.1. The second-order valence-electron chi connectivity index (χ2n) is 5.75. The van der Waals surface area contributed by atoms with Gasteiger partial charge in [0.2, 0.25) is 5.91 Å². The Labute approximate surface area is 157 Å². The SMILES string of the molecule is Cl.Cl.NCCN(CCC(=O)N1CCNCC1)CCc1ccccc1. The first-order valence-corrected chi connectivity index (χ1v) is 8.24. The summed E-state index contributed by atoms with van der Waals surface area (Å²) in [6.45, 7) is 6.72. The fourth-order valence-electron chi connectivity index (χ4n) is 2.78. The van der Waals surface area contributed by atoms with Gasteiger partial charge in [0.25, 0.3) is 0 Å². The summed E-state index contributed by atoms with van der Waals surface area (Å²) in [4.78, 5) is 16.5. The average molecular weight is 377 g/mol. The molecule has 5 nitrogen and oxygen atoms in total. The molecule has 1 aliphatic heterocycles. The minimum Gasteiger partial charge on any atom is -0.340 e. The molecule has 0 saturated carbocycles. The molecule has 0 radical (unpaired) electrons. The zero-order chi connectivity index (χ0) is 15.6. The summed E-state index contributed by atoms with van der Waals surface area (Å²) in [7, 11) is 0. The highest BCUT2D eigenvalue weighted by atomic mass is 35.5. The predicted molar refractivity (Wildman–Crippen MR) is 104 cm³/mol. The monoisotopic (exact) mass is 376 g/mol. The maximum atomic E-state index is 12.2. The third kappa shape index (κ3) is 8.31. The van der Waals surface area contributed by atoms with E-state index in [4.69, 9.17) is 5.73 Å². The van der Waals surface area contributed by atoms with Gasteiger partial charge in [-0.05, 0) is 12.0 Å². The van der Waals surface area contributed by atoms with Gasteiger partial charge in [0.15, 0.2) is 0 Å². The molecule has 3 N–H and O–H groups in total. The predicted octanol–water partition coefficient (Wildman–Crippen LogP) is 1.16. The second-order valence-corrected chi connectivity index (χ2v) is 5.75. The van der Waals surface area contributed by atoms with Crippen molar-refractivity contribution in [1.82, 2.24) is 15.1 Å². The van der Waals surface area contributed by atoms with Crippen molar-refractivity contribution in [2.45, 2.75) is 12.8 Å². The number of benzene rings is 1. The molecule has 1 amide bonds. The molecule has 1 aromatic rings. The first-order chi connectivity index (χ1) is 10.8. The quantitative estimate of drug-likeness (QED) is 0.714. The van der Waals surface area contributed by atoms with Gasteiger partial charge in [-0.2, -0.15) is 0 Å². The molecule has 1 saturated heterocycles. The van der Waals surface area contributed by atoms with Crippen molar-refractivity contribution in [1.29, 1.82) is 0 Å². The average Bonchev–Trinajstić information content (AvgIpc) is 2.59. The van der Waals surface area contributed by atoms with E-state index in [1.165, 1.54) is 5.56 Å². The van der Waals surface area contributed by atoms with Crippen molar-refractivity contribution in [2.24, 2.45) is 5.73 Å². The number of rotatable bonds is 8. The van der Waals surface area contributed by atoms with Gasteiger partial charge in [0, 0.05) is 58.8 Å². The maximum Gasteiger partial charge on any atom is 0.223 e. The summed E-state index contributed by atoms with van der Waals surface area (Å²) < 4.78 is 0. The molecule has 0 unspecified atom stereocenters. The van der Waals surface area contributed by atoms with Gasteiger partial charge in [-0.15, -0.1) is 24.8 Å². The van der Waals surface area contributed by atoms with Crippen LogP contribution in [0.1, 0.15) is 12.0 Å². The van der Waals surface area contributed by atoms with Gasteiger partial charge in [-0.25, -0.2) is 0 Å². The molecule has 24 heavy (non-hydrogen) atoms. The number of amides is 1. The van der Waals surface area contributed by atoms with Crippen LogP contribution < -0.4 is 11.1 Å². The summed E-state index contributed by atoms with van der Waals surface area (Å²) in [6.07, 6.45) is 1.59. The molecular formula is C17H30Cl2N4O. The zero-order valence-corrected chi connectivity index (χ0v) is 15.8. The first kappa shape index (κ1) is 23.1. The van der Waals surface area contributed by atoms with E-state index in [9.17, 15) is 4.79 Å². The van der Waals surface area contributed by atoms with E-state index >= 15 is 0 Å². The number of nitrogens with two attached hydrogens (primary N) is 1. The Morgan fingerprint density at radius 2 is 1.75 bits per heavy atom. The molecule has 7 heteroatoms. The Hall–Kier alpha value is -0.850. The van der Waals surface area contributed by atoms with Crippen LogP contribution in [0, 0.1) is 0 Å². The third-order valence-electron chi connectivity index (χ3n) is 4.12. The Bertz CT molecular complexity index is 441. The lowest BCUT2D eigenvalue weighted by molar-refractivity contribution is -0.132. The second kappa shape index (κ2) is 13.4. The largest absolute Gasteiger partial charge is 0.340 e. The van der Waals surface area contributed by atoms with Crippen molar-refractivity contribution in [3.63, 3.8) is 0 Å². The number of hydrogen-bond acceptors (Lipinski definition) is 4. The molecule has 1 heterocycles. The lowest BCUT2D eigenvalue weighted by Gasteiger charge is -2.29. The van der Waals surface area contributed by atoms with Crippen molar-refractivity contribution < 1.29 is 4.79 Å². The number of carbonyl (C=O) groups is 1. The summed E-state index contributed by atoms with van der Waals surface area (Å²) in [5, 5.41) is 3.27. The van der Waals surface area contributed by atoms with Gasteiger partial charge < -0.3 is 20.9 Å². The number of halogens is 2. The highest BCUT2D eigenvalue weighted by molar-refractivity contribution is 5.85. The third-order valence-corrected chi connectivity index (χ3v) is 4.12. The van der Waals surface area contributed by atoms with Crippen molar-refractivity contribution in [3.8, 4) is 0 Å². The van der Waals surface area contributed by atoms with Crippen LogP contribution in [0.25, 0.3) is 0 Å². The molecule has 1 aliphatic rings. The molecular weight excluding hydrogens is 347 g/mol. The molecule has 2 rings (SSSR count). The van der Waals surface area contributed by atoms with Gasteiger partial charge in [0.1, 0.15) is 0 Å². The normalized spacial score (nSPS) is 14.0. The summed E-state index contributed by atoms with van der Waals surface area (Å²) in [6, 6.07) is 10.5. The highest BCUT2D eigenvalue weighted by Gasteiger charge is 2.16. The Morgan fingerprint density at radius 1 is 1.08 bits per heavy atom. The molecule has 0 bridgehead atoms. The highest BCUT2D eigenvalue weighted by Crippen LogP contribution is 2.03. The number of nitrogens with one attached hydrogen (secondary N) is 1. The molecule has 138 valence electrons. The van der Waals surface area contributed by atoms with Gasteiger partial charge in [-0.1, -0.05) is 30.3 Å². The number of nitrogens with zero attached hydrogens (tertiary/aromatic N) is 2. The van der Waals surface area contributed by atoms with Crippen LogP contribution in [0.2, 0.25) is 0 Å². The number of hydrogen-bond donors (Lipinski definition) is 2. The zero-order valence-electron chi connectivity index (χ0n) is 14.2. The van der Waals surface area contributed by atoms with E-state index in [1.54, 1.807) is 0 Å². The lowest BCUT2D eigenvalue weighted by Crippen LogP contribution is -2.47. The van der Waals surface area contributed by atoms with Crippen LogP contribution in [0.4, 0.5) is 0 Å². The first-order valence-electron chi connectivity index (χ1n) is 8.24. The number of carbonyl (C=O) groups excluding carboxylic acids is 1. The minimum atomic E-state index is 0. The van der Waals surface area contributed by atoms with Gasteiger partial charge in [-0.3, -0.25) is 4.79 Å². The minimum absolute atomic E-state index is 0. The molecule has 0 aromatic heterocycles. The fourth-order valence-corrected chi connectivity index (χ4v) is 2.78. The molecule has 0 aliphatic carbocycles. The topological polar surface area (TPSA) is 61.6 Å². The summed E-state index contributed by atoms with van der Waals surface area (Å²) in [5.74, 6) is 0.267. The van der Waals surface area contributed by atoms with Crippen LogP contribution in [0.15, 0.2) is 30.3 Å². The summed E-state index contributed by atoms with van der Waals surface area (Å²) >= 11 is 0.